The van der Waals surface area contributed by atoms with E-state index in [1.54, 1.807) is 6.08 Å². The van der Waals surface area contributed by atoms with Gasteiger partial charge in [0.05, 0.1) is 13.0 Å². The average Bonchev–Trinajstić information content (AvgIpc) is 2.59. The number of carbonyl (C=O) groups excluding carboxylic acids is 2. The molecule has 2 rings (SSSR count). The first-order valence-electron chi connectivity index (χ1n) is 9.21. The summed E-state index contributed by atoms with van der Waals surface area (Å²) in [5, 5.41) is 0. The predicted molar refractivity (Wildman–Crippen MR) is 100 cm³/mol. The fraction of sp³-hybridized carbons (Fsp3) is 0.524. The van der Waals surface area contributed by atoms with Crippen LogP contribution in [0.4, 0.5) is 0 Å². The highest BCUT2D eigenvalue weighted by molar-refractivity contribution is 5.99. The van der Waals surface area contributed by atoms with Crippen LogP contribution in [0.15, 0.2) is 29.8 Å². The molecule has 136 valence electrons. The van der Waals surface area contributed by atoms with E-state index in [-0.39, 0.29) is 18.3 Å². The number of carbonyl (C=O) groups is 2. The lowest BCUT2D eigenvalue weighted by Gasteiger charge is -2.30. The van der Waals surface area contributed by atoms with Crippen LogP contribution in [0.2, 0.25) is 0 Å². The molecule has 0 spiro atoms. The van der Waals surface area contributed by atoms with Gasteiger partial charge in [-0.25, -0.2) is 4.79 Å². The Labute approximate surface area is 150 Å². The van der Waals surface area contributed by atoms with Crippen molar-refractivity contribution in [3.05, 3.63) is 41.0 Å². The second-order valence-corrected chi connectivity index (χ2v) is 6.96. The summed E-state index contributed by atoms with van der Waals surface area (Å²) in [6.45, 7) is 8.11. The van der Waals surface area contributed by atoms with Crippen molar-refractivity contribution in [1.29, 1.82) is 0 Å². The zero-order valence-corrected chi connectivity index (χ0v) is 15.6. The van der Waals surface area contributed by atoms with Crippen molar-refractivity contribution in [1.82, 2.24) is 4.90 Å². The number of piperidine rings is 1. The summed E-state index contributed by atoms with van der Waals surface area (Å²) in [7, 11) is 0. The van der Waals surface area contributed by atoms with Crippen molar-refractivity contribution in [3.8, 4) is 0 Å². The number of aryl methyl sites for hydroxylation is 1. The molecule has 25 heavy (non-hydrogen) atoms. The minimum atomic E-state index is -0.387. The number of esters is 1. The van der Waals surface area contributed by atoms with Gasteiger partial charge < -0.3 is 9.64 Å². The molecule has 1 amide bonds. The molecule has 0 unspecified atom stereocenters. The molecule has 0 bridgehead atoms. The summed E-state index contributed by atoms with van der Waals surface area (Å²) in [5.74, 6) is 0.294. The fourth-order valence-electron chi connectivity index (χ4n) is 2.96. The van der Waals surface area contributed by atoms with Crippen LogP contribution in [-0.4, -0.2) is 36.5 Å². The van der Waals surface area contributed by atoms with Crippen LogP contribution >= 0.6 is 0 Å². The number of ether oxygens (including phenoxy) is 1. The average molecular weight is 343 g/mol. The Bertz CT molecular complexity index is 628. The molecular weight excluding hydrogens is 314 g/mol. The molecule has 1 saturated heterocycles. The van der Waals surface area contributed by atoms with E-state index in [1.807, 2.05) is 43.0 Å². The lowest BCUT2D eigenvalue weighted by molar-refractivity contribution is -0.141. The van der Waals surface area contributed by atoms with Gasteiger partial charge in [-0.15, -0.1) is 0 Å². The van der Waals surface area contributed by atoms with Crippen LogP contribution < -0.4 is 0 Å². The van der Waals surface area contributed by atoms with E-state index in [0.717, 1.165) is 43.5 Å². The summed E-state index contributed by atoms with van der Waals surface area (Å²) in [5.41, 5.74) is 2.47. The molecule has 0 N–H and O–H groups in total. The third-order valence-electron chi connectivity index (χ3n) is 4.56. The largest absolute Gasteiger partial charge is 0.462 e. The predicted octanol–water partition coefficient (Wildman–Crippen LogP) is 3.98. The lowest BCUT2D eigenvalue weighted by Crippen LogP contribution is -2.38. The van der Waals surface area contributed by atoms with Gasteiger partial charge in [-0.1, -0.05) is 43.7 Å². The minimum absolute atomic E-state index is 0.0132. The number of rotatable bonds is 6. The van der Waals surface area contributed by atoms with Crippen LogP contribution in [0.1, 0.15) is 50.7 Å². The van der Waals surface area contributed by atoms with Gasteiger partial charge in [0.15, 0.2) is 0 Å². The smallest absolute Gasteiger partial charge is 0.334 e. The van der Waals surface area contributed by atoms with E-state index in [9.17, 15) is 9.59 Å². The molecule has 0 aliphatic carbocycles. The van der Waals surface area contributed by atoms with Gasteiger partial charge in [-0.2, -0.15) is 0 Å². The fourth-order valence-corrected chi connectivity index (χ4v) is 2.96. The molecule has 1 aromatic carbocycles. The van der Waals surface area contributed by atoms with Gasteiger partial charge in [0.2, 0.25) is 5.91 Å². The quantitative estimate of drug-likeness (QED) is 0.580. The third kappa shape index (κ3) is 6.04. The lowest BCUT2D eigenvalue weighted by atomic mass is 9.98. The number of hydrogen-bond acceptors (Lipinski definition) is 3. The van der Waals surface area contributed by atoms with Crippen LogP contribution in [-0.2, 0) is 14.3 Å². The van der Waals surface area contributed by atoms with E-state index in [2.05, 4.69) is 6.92 Å². The Morgan fingerprint density at radius 2 is 2.00 bits per heavy atom. The van der Waals surface area contributed by atoms with Crippen LogP contribution in [0.25, 0.3) is 6.08 Å². The summed E-state index contributed by atoms with van der Waals surface area (Å²) in [6.07, 6.45) is 4.72. The SMILES string of the molecule is CCCOC(=O)/C(=C/c1cccc(C)c1)CC(=O)N1CCC(C)CC1. The molecule has 1 aliphatic rings. The number of benzene rings is 1. The second kappa shape index (κ2) is 9.40. The first-order chi connectivity index (χ1) is 12.0. The second-order valence-electron chi connectivity index (χ2n) is 6.96. The number of amides is 1. The topological polar surface area (TPSA) is 46.6 Å². The molecule has 1 fully saturated rings. The third-order valence-corrected chi connectivity index (χ3v) is 4.56. The van der Waals surface area contributed by atoms with Gasteiger partial charge in [-0.3, -0.25) is 4.79 Å². The first-order valence-corrected chi connectivity index (χ1v) is 9.21. The monoisotopic (exact) mass is 343 g/mol. The molecule has 0 aromatic heterocycles. The Hall–Kier alpha value is -2.10. The number of hydrogen-bond donors (Lipinski definition) is 0. The Morgan fingerprint density at radius 1 is 1.28 bits per heavy atom. The zero-order valence-electron chi connectivity index (χ0n) is 15.6. The van der Waals surface area contributed by atoms with Crippen molar-refractivity contribution < 1.29 is 14.3 Å². The van der Waals surface area contributed by atoms with Gasteiger partial charge in [0.25, 0.3) is 0 Å². The summed E-state index contributed by atoms with van der Waals surface area (Å²) in [4.78, 5) is 26.9. The normalized spacial score (nSPS) is 16.0. The van der Waals surface area contributed by atoms with Crippen molar-refractivity contribution >= 4 is 18.0 Å². The van der Waals surface area contributed by atoms with Crippen molar-refractivity contribution in [3.63, 3.8) is 0 Å². The maximum atomic E-state index is 12.6. The highest BCUT2D eigenvalue weighted by Gasteiger charge is 2.23. The molecule has 0 saturated carbocycles. The molecule has 0 atom stereocenters. The van der Waals surface area contributed by atoms with E-state index in [0.29, 0.717) is 18.1 Å². The summed E-state index contributed by atoms with van der Waals surface area (Å²) in [6, 6.07) is 7.89. The Balaban J connectivity index is 2.13. The Morgan fingerprint density at radius 3 is 2.64 bits per heavy atom. The van der Waals surface area contributed by atoms with Gasteiger partial charge in [0.1, 0.15) is 0 Å². The highest BCUT2D eigenvalue weighted by Crippen LogP contribution is 2.19. The molecule has 4 nitrogen and oxygen atoms in total. The van der Waals surface area contributed by atoms with E-state index >= 15 is 0 Å². The van der Waals surface area contributed by atoms with E-state index in [4.69, 9.17) is 4.74 Å². The van der Waals surface area contributed by atoms with E-state index < -0.39 is 0 Å². The number of nitrogens with zero attached hydrogens (tertiary/aromatic N) is 1. The standard InChI is InChI=1S/C21H29NO3/c1-4-12-25-21(24)19(14-18-7-5-6-17(3)13-18)15-20(23)22-10-8-16(2)9-11-22/h5-7,13-14,16H,4,8-12,15H2,1-3H3/b19-14+. The molecule has 4 heteroatoms. The van der Waals surface area contributed by atoms with Crippen LogP contribution in [0, 0.1) is 12.8 Å². The number of likely N-dealkylation sites (tertiary alicyclic amines) is 1. The zero-order chi connectivity index (χ0) is 18.2. The molecule has 0 radical (unpaired) electrons. The summed E-state index contributed by atoms with van der Waals surface area (Å²) >= 11 is 0. The van der Waals surface area contributed by atoms with Gasteiger partial charge in [0, 0.05) is 18.7 Å². The van der Waals surface area contributed by atoms with Gasteiger partial charge in [-0.05, 0) is 43.7 Å². The van der Waals surface area contributed by atoms with Gasteiger partial charge >= 0.3 is 5.97 Å². The molecule has 1 aliphatic heterocycles. The van der Waals surface area contributed by atoms with Crippen molar-refractivity contribution in [2.45, 2.75) is 46.5 Å². The first kappa shape index (κ1) is 19.2. The summed E-state index contributed by atoms with van der Waals surface area (Å²) < 4.78 is 5.28. The highest BCUT2D eigenvalue weighted by atomic mass is 16.5. The van der Waals surface area contributed by atoms with Crippen LogP contribution in [0.5, 0.6) is 0 Å². The van der Waals surface area contributed by atoms with Crippen molar-refractivity contribution in [2.75, 3.05) is 19.7 Å². The van der Waals surface area contributed by atoms with Crippen LogP contribution in [0.3, 0.4) is 0 Å². The maximum absolute atomic E-state index is 12.6. The molecular formula is C21H29NO3. The molecule has 1 aromatic rings. The Kier molecular flexibility index (Phi) is 7.23. The molecule has 1 heterocycles. The van der Waals surface area contributed by atoms with Crippen molar-refractivity contribution in [2.24, 2.45) is 5.92 Å². The minimum Gasteiger partial charge on any atom is -0.462 e. The maximum Gasteiger partial charge on any atom is 0.334 e. The van der Waals surface area contributed by atoms with E-state index in [1.165, 1.54) is 0 Å².